The second kappa shape index (κ2) is 5.67. The molecule has 4 rings (SSSR count). The van der Waals surface area contributed by atoms with E-state index in [2.05, 4.69) is 16.9 Å². The summed E-state index contributed by atoms with van der Waals surface area (Å²) in [5, 5.41) is 0.942. The third-order valence-corrected chi connectivity index (χ3v) is 5.59. The number of aryl methyl sites for hydroxylation is 2. The van der Waals surface area contributed by atoms with Gasteiger partial charge >= 0.3 is 0 Å². The first kappa shape index (κ1) is 15.8. The maximum atomic E-state index is 13.1. The van der Waals surface area contributed by atoms with Crippen molar-refractivity contribution in [2.75, 3.05) is 19.0 Å². The number of pyridine rings is 1. The number of anilines is 1. The number of nitrogens with zero attached hydrogens (tertiary/aromatic N) is 4. The summed E-state index contributed by atoms with van der Waals surface area (Å²) in [5.41, 5.74) is 4.88. The van der Waals surface area contributed by atoms with Crippen LogP contribution in [-0.4, -0.2) is 28.6 Å². The lowest BCUT2D eigenvalue weighted by atomic mass is 10.1. The molecule has 3 aromatic heterocycles. The van der Waals surface area contributed by atoms with Gasteiger partial charge < -0.3 is 4.90 Å². The summed E-state index contributed by atoms with van der Waals surface area (Å²) in [6.07, 6.45) is 3.39. The van der Waals surface area contributed by atoms with Crippen molar-refractivity contribution in [2.45, 2.75) is 13.8 Å². The molecule has 0 spiro atoms. The minimum Gasteiger partial charge on any atom is -0.377 e. The van der Waals surface area contributed by atoms with Crippen LogP contribution in [0.5, 0.6) is 0 Å². The Labute approximate surface area is 149 Å². The number of rotatable bonds is 2. The van der Waals surface area contributed by atoms with E-state index in [1.165, 1.54) is 16.9 Å². The summed E-state index contributed by atoms with van der Waals surface area (Å²) in [4.78, 5) is 25.0. The maximum Gasteiger partial charge on any atom is 0.275 e. The van der Waals surface area contributed by atoms with Gasteiger partial charge in [-0.25, -0.2) is 9.97 Å². The van der Waals surface area contributed by atoms with Gasteiger partial charge in [-0.3, -0.25) is 9.36 Å². The van der Waals surface area contributed by atoms with E-state index in [0.29, 0.717) is 4.70 Å². The first-order valence-electron chi connectivity index (χ1n) is 8.01. The topological polar surface area (TPSA) is 51.0 Å². The fraction of sp³-hybridized carbons (Fsp3) is 0.211. The third-order valence-electron chi connectivity index (χ3n) is 4.51. The molecule has 0 unspecified atom stereocenters. The molecule has 0 aliphatic heterocycles. The Kier molecular flexibility index (Phi) is 3.58. The average Bonchev–Trinajstić information content (AvgIpc) is 2.97. The molecule has 126 valence electrons. The molecule has 0 N–H and O–H groups in total. The summed E-state index contributed by atoms with van der Waals surface area (Å²) in [6.45, 7) is 4.10. The van der Waals surface area contributed by atoms with Crippen molar-refractivity contribution in [3.05, 3.63) is 58.3 Å². The molecule has 0 amide bonds. The van der Waals surface area contributed by atoms with Crippen LogP contribution in [0, 0.1) is 13.8 Å². The number of hydrogen-bond acceptors (Lipinski definition) is 5. The van der Waals surface area contributed by atoms with Crippen molar-refractivity contribution >= 4 is 37.5 Å². The van der Waals surface area contributed by atoms with Crippen molar-refractivity contribution in [3.63, 3.8) is 0 Å². The number of aromatic nitrogens is 3. The van der Waals surface area contributed by atoms with Crippen LogP contribution in [0.3, 0.4) is 0 Å². The van der Waals surface area contributed by atoms with Gasteiger partial charge in [0.15, 0.2) is 0 Å². The van der Waals surface area contributed by atoms with Crippen LogP contribution >= 0.6 is 11.3 Å². The van der Waals surface area contributed by atoms with Gasteiger partial charge in [0.2, 0.25) is 0 Å². The highest BCUT2D eigenvalue weighted by atomic mass is 32.1. The minimum absolute atomic E-state index is 0.0547. The molecular formula is C19H18N4OS. The molecule has 4 aromatic rings. The van der Waals surface area contributed by atoms with E-state index in [1.807, 2.05) is 50.2 Å². The molecule has 3 heterocycles. The molecule has 0 aliphatic rings. The van der Waals surface area contributed by atoms with Crippen molar-refractivity contribution in [3.8, 4) is 5.69 Å². The summed E-state index contributed by atoms with van der Waals surface area (Å²) in [6, 6.07) is 7.94. The molecular weight excluding hydrogens is 332 g/mol. The largest absolute Gasteiger partial charge is 0.377 e. The highest BCUT2D eigenvalue weighted by Gasteiger charge is 2.17. The first-order chi connectivity index (χ1) is 12.0. The number of thiophene rings is 1. The van der Waals surface area contributed by atoms with Gasteiger partial charge in [0.1, 0.15) is 15.9 Å². The normalized spacial score (nSPS) is 11.4. The second-order valence-corrected chi connectivity index (χ2v) is 7.37. The zero-order valence-corrected chi connectivity index (χ0v) is 15.4. The van der Waals surface area contributed by atoms with Gasteiger partial charge in [0, 0.05) is 20.3 Å². The maximum absolute atomic E-state index is 13.1. The molecule has 25 heavy (non-hydrogen) atoms. The zero-order valence-electron chi connectivity index (χ0n) is 14.6. The van der Waals surface area contributed by atoms with E-state index in [-0.39, 0.29) is 5.56 Å². The summed E-state index contributed by atoms with van der Waals surface area (Å²) in [5.74, 6) is 0. The van der Waals surface area contributed by atoms with Gasteiger partial charge in [-0.15, -0.1) is 11.3 Å². The smallest absolute Gasteiger partial charge is 0.275 e. The van der Waals surface area contributed by atoms with Crippen molar-refractivity contribution < 1.29 is 0 Å². The van der Waals surface area contributed by atoms with Gasteiger partial charge in [-0.05, 0) is 43.2 Å². The molecule has 0 atom stereocenters. The first-order valence-corrected chi connectivity index (χ1v) is 8.83. The van der Waals surface area contributed by atoms with E-state index < -0.39 is 0 Å². The molecule has 0 bridgehead atoms. The number of fused-ring (bicyclic) bond motifs is 3. The van der Waals surface area contributed by atoms with Crippen LogP contribution in [0.2, 0.25) is 0 Å². The van der Waals surface area contributed by atoms with Gasteiger partial charge in [0.25, 0.3) is 5.56 Å². The SMILES string of the molecule is Cc1ccc(-n2cnc3c(sc4nccc(N(C)C)c43)c2=O)cc1C. The van der Waals surface area contributed by atoms with E-state index in [4.69, 9.17) is 0 Å². The predicted octanol–water partition coefficient (Wildman–Crippen LogP) is 3.68. The molecule has 5 nitrogen and oxygen atoms in total. The van der Waals surface area contributed by atoms with E-state index in [1.54, 1.807) is 17.1 Å². The van der Waals surface area contributed by atoms with Gasteiger partial charge in [0.05, 0.1) is 22.3 Å². The molecule has 0 fully saturated rings. The van der Waals surface area contributed by atoms with Crippen LogP contribution in [0.15, 0.2) is 41.6 Å². The minimum atomic E-state index is -0.0547. The van der Waals surface area contributed by atoms with Crippen LogP contribution in [-0.2, 0) is 0 Å². The Hall–Kier alpha value is -2.73. The molecule has 1 aromatic carbocycles. The van der Waals surface area contributed by atoms with Crippen LogP contribution in [0.4, 0.5) is 5.69 Å². The molecule has 6 heteroatoms. The quantitative estimate of drug-likeness (QED) is 0.553. The number of hydrogen-bond donors (Lipinski definition) is 0. The fourth-order valence-electron chi connectivity index (χ4n) is 2.97. The molecule has 0 saturated carbocycles. The fourth-order valence-corrected chi connectivity index (χ4v) is 4.02. The Bertz CT molecular complexity index is 1170. The lowest BCUT2D eigenvalue weighted by molar-refractivity contribution is 0.964. The van der Waals surface area contributed by atoms with Crippen LogP contribution in [0.25, 0.3) is 26.1 Å². The van der Waals surface area contributed by atoms with Crippen molar-refractivity contribution in [1.29, 1.82) is 0 Å². The van der Waals surface area contributed by atoms with Crippen molar-refractivity contribution in [2.24, 2.45) is 0 Å². The standard InChI is InChI=1S/C19H18N4OS/c1-11-5-6-13(9-12(11)2)23-10-21-16-15-14(22(3)4)7-8-20-18(15)25-17(16)19(23)24/h5-10H,1-4H3. The van der Waals surface area contributed by atoms with Crippen molar-refractivity contribution in [1.82, 2.24) is 14.5 Å². The Morgan fingerprint density at radius 1 is 1.08 bits per heavy atom. The predicted molar refractivity (Wildman–Crippen MR) is 104 cm³/mol. The Balaban J connectivity index is 2.03. The molecule has 0 saturated heterocycles. The van der Waals surface area contributed by atoms with Crippen LogP contribution in [0.1, 0.15) is 11.1 Å². The Morgan fingerprint density at radius 3 is 2.60 bits per heavy atom. The van der Waals surface area contributed by atoms with E-state index >= 15 is 0 Å². The van der Waals surface area contributed by atoms with Gasteiger partial charge in [-0.2, -0.15) is 0 Å². The average molecular weight is 350 g/mol. The lowest BCUT2D eigenvalue weighted by Gasteiger charge is -2.13. The highest BCUT2D eigenvalue weighted by Crippen LogP contribution is 2.35. The molecule has 0 aliphatic carbocycles. The molecule has 0 radical (unpaired) electrons. The van der Waals surface area contributed by atoms with E-state index in [9.17, 15) is 4.79 Å². The van der Waals surface area contributed by atoms with Gasteiger partial charge in [-0.1, -0.05) is 6.07 Å². The highest BCUT2D eigenvalue weighted by molar-refractivity contribution is 7.25. The summed E-state index contributed by atoms with van der Waals surface area (Å²) >= 11 is 1.40. The third kappa shape index (κ3) is 2.41. The summed E-state index contributed by atoms with van der Waals surface area (Å²) < 4.78 is 2.25. The summed E-state index contributed by atoms with van der Waals surface area (Å²) in [7, 11) is 3.96. The number of benzene rings is 1. The zero-order chi connectivity index (χ0) is 17.7. The Morgan fingerprint density at radius 2 is 1.88 bits per heavy atom. The second-order valence-electron chi connectivity index (χ2n) is 6.37. The lowest BCUT2D eigenvalue weighted by Crippen LogP contribution is -2.18. The van der Waals surface area contributed by atoms with E-state index in [0.717, 1.165) is 32.7 Å². The monoisotopic (exact) mass is 350 g/mol. The van der Waals surface area contributed by atoms with Crippen LogP contribution < -0.4 is 10.5 Å².